The first-order valence-electron chi connectivity index (χ1n) is 6.79. The van der Waals surface area contributed by atoms with Crippen molar-refractivity contribution >= 4 is 33.0 Å². The van der Waals surface area contributed by atoms with E-state index in [4.69, 9.17) is 10.5 Å². The Balaban J connectivity index is 1.77. The van der Waals surface area contributed by atoms with E-state index >= 15 is 0 Å². The molecule has 106 valence electrons. The van der Waals surface area contributed by atoms with Gasteiger partial charge >= 0.3 is 0 Å². The van der Waals surface area contributed by atoms with Crippen LogP contribution in [0.2, 0.25) is 0 Å². The smallest absolute Gasteiger partial charge is 0.263 e. The van der Waals surface area contributed by atoms with Crippen LogP contribution in [0.1, 0.15) is 22.5 Å². The SMILES string of the molecule is CN(CC1CCCO1)C(=O)c1cc2cc(N)ccc2s1. The topological polar surface area (TPSA) is 55.6 Å². The average molecular weight is 290 g/mol. The summed E-state index contributed by atoms with van der Waals surface area (Å²) in [5, 5.41) is 1.03. The number of ether oxygens (including phenoxy) is 1. The second-order valence-electron chi connectivity index (χ2n) is 5.23. The van der Waals surface area contributed by atoms with Crippen molar-refractivity contribution in [1.29, 1.82) is 0 Å². The van der Waals surface area contributed by atoms with Crippen molar-refractivity contribution in [2.75, 3.05) is 25.9 Å². The minimum atomic E-state index is 0.0558. The number of benzene rings is 1. The first-order valence-corrected chi connectivity index (χ1v) is 7.61. The summed E-state index contributed by atoms with van der Waals surface area (Å²) in [5.74, 6) is 0.0558. The van der Waals surface area contributed by atoms with Crippen LogP contribution in [0.25, 0.3) is 10.1 Å². The number of carbonyl (C=O) groups excluding carboxylic acids is 1. The molecule has 0 bridgehead atoms. The molecule has 1 amide bonds. The normalized spacial score (nSPS) is 18.6. The molecule has 1 aromatic carbocycles. The number of nitrogen functional groups attached to an aromatic ring is 1. The molecule has 1 aromatic heterocycles. The van der Waals surface area contributed by atoms with Crippen molar-refractivity contribution in [3.8, 4) is 0 Å². The molecule has 3 rings (SSSR count). The predicted molar refractivity (Wildman–Crippen MR) is 82.2 cm³/mol. The number of nitrogens with zero attached hydrogens (tertiary/aromatic N) is 1. The molecule has 0 spiro atoms. The summed E-state index contributed by atoms with van der Waals surface area (Å²) in [4.78, 5) is 14.9. The largest absolute Gasteiger partial charge is 0.399 e. The minimum Gasteiger partial charge on any atom is -0.399 e. The predicted octanol–water partition coefficient (Wildman–Crippen LogP) is 2.73. The molecule has 2 heterocycles. The van der Waals surface area contributed by atoms with E-state index < -0.39 is 0 Å². The lowest BCUT2D eigenvalue weighted by atomic mass is 10.2. The highest BCUT2D eigenvalue weighted by atomic mass is 32.1. The Morgan fingerprint density at radius 2 is 2.35 bits per heavy atom. The van der Waals surface area contributed by atoms with E-state index in [2.05, 4.69) is 0 Å². The quantitative estimate of drug-likeness (QED) is 0.884. The van der Waals surface area contributed by atoms with Crippen LogP contribution in [0.3, 0.4) is 0 Å². The minimum absolute atomic E-state index is 0.0558. The Labute approximate surface area is 122 Å². The van der Waals surface area contributed by atoms with E-state index in [1.807, 2.05) is 31.3 Å². The zero-order chi connectivity index (χ0) is 14.1. The van der Waals surface area contributed by atoms with Gasteiger partial charge in [0, 0.05) is 30.6 Å². The van der Waals surface area contributed by atoms with Crippen LogP contribution in [-0.2, 0) is 4.74 Å². The van der Waals surface area contributed by atoms with Crippen LogP contribution in [0.4, 0.5) is 5.69 Å². The first-order chi connectivity index (χ1) is 9.63. The number of likely N-dealkylation sites (N-methyl/N-ethyl adjacent to an activating group) is 1. The molecule has 4 nitrogen and oxygen atoms in total. The summed E-state index contributed by atoms with van der Waals surface area (Å²) < 4.78 is 6.67. The molecule has 2 N–H and O–H groups in total. The lowest BCUT2D eigenvalue weighted by molar-refractivity contribution is 0.0591. The van der Waals surface area contributed by atoms with E-state index in [9.17, 15) is 4.79 Å². The molecule has 1 unspecified atom stereocenters. The summed E-state index contributed by atoms with van der Waals surface area (Å²) in [7, 11) is 1.84. The first kappa shape index (κ1) is 13.4. The molecule has 2 aromatic rings. The van der Waals surface area contributed by atoms with Gasteiger partial charge in [-0.25, -0.2) is 0 Å². The van der Waals surface area contributed by atoms with Gasteiger partial charge < -0.3 is 15.4 Å². The third kappa shape index (κ3) is 2.64. The molecule has 1 fully saturated rings. The number of rotatable bonds is 3. The fraction of sp³-hybridized carbons (Fsp3) is 0.400. The zero-order valence-electron chi connectivity index (χ0n) is 11.5. The number of anilines is 1. The van der Waals surface area contributed by atoms with Crippen molar-refractivity contribution in [3.63, 3.8) is 0 Å². The van der Waals surface area contributed by atoms with Gasteiger partial charge in [0.25, 0.3) is 5.91 Å². The van der Waals surface area contributed by atoms with Gasteiger partial charge in [-0.05, 0) is 42.5 Å². The molecule has 5 heteroatoms. The molecule has 20 heavy (non-hydrogen) atoms. The Morgan fingerprint density at radius 3 is 3.10 bits per heavy atom. The van der Waals surface area contributed by atoms with Crippen LogP contribution < -0.4 is 5.73 Å². The second-order valence-corrected chi connectivity index (χ2v) is 6.31. The van der Waals surface area contributed by atoms with Gasteiger partial charge in [-0.1, -0.05) is 0 Å². The molecular formula is C15H18N2O2S. The monoisotopic (exact) mass is 290 g/mol. The summed E-state index contributed by atoms with van der Waals surface area (Å²) >= 11 is 1.51. The zero-order valence-corrected chi connectivity index (χ0v) is 12.3. The molecule has 0 radical (unpaired) electrons. The molecule has 1 saturated heterocycles. The van der Waals surface area contributed by atoms with Gasteiger partial charge in [-0.15, -0.1) is 11.3 Å². The van der Waals surface area contributed by atoms with Crippen molar-refractivity contribution in [2.24, 2.45) is 0 Å². The lowest BCUT2D eigenvalue weighted by Gasteiger charge is -2.20. The van der Waals surface area contributed by atoms with Crippen molar-refractivity contribution in [2.45, 2.75) is 18.9 Å². The van der Waals surface area contributed by atoms with Crippen molar-refractivity contribution in [1.82, 2.24) is 4.90 Å². The van der Waals surface area contributed by atoms with Gasteiger partial charge in [0.05, 0.1) is 11.0 Å². The van der Waals surface area contributed by atoms with Crippen LogP contribution in [0, 0.1) is 0 Å². The maximum atomic E-state index is 12.4. The summed E-state index contributed by atoms with van der Waals surface area (Å²) in [6.45, 7) is 1.48. The number of thiophene rings is 1. The fourth-order valence-electron chi connectivity index (χ4n) is 2.53. The number of amides is 1. The highest BCUT2D eigenvalue weighted by molar-refractivity contribution is 7.20. The summed E-state index contributed by atoms with van der Waals surface area (Å²) in [6.07, 6.45) is 2.32. The Hall–Kier alpha value is -1.59. The summed E-state index contributed by atoms with van der Waals surface area (Å²) in [6, 6.07) is 7.66. The van der Waals surface area contributed by atoms with Crippen LogP contribution in [-0.4, -0.2) is 37.1 Å². The van der Waals surface area contributed by atoms with Crippen molar-refractivity contribution < 1.29 is 9.53 Å². The molecule has 1 atom stereocenters. The van der Waals surface area contributed by atoms with E-state index in [-0.39, 0.29) is 12.0 Å². The van der Waals surface area contributed by atoms with Gasteiger partial charge in [-0.3, -0.25) is 4.79 Å². The molecule has 1 aliphatic rings. The summed E-state index contributed by atoms with van der Waals surface area (Å²) in [5.41, 5.74) is 6.49. The highest BCUT2D eigenvalue weighted by Crippen LogP contribution is 2.28. The van der Waals surface area contributed by atoms with E-state index in [1.54, 1.807) is 4.90 Å². The third-order valence-electron chi connectivity index (χ3n) is 3.60. The van der Waals surface area contributed by atoms with Gasteiger partial charge in [0.1, 0.15) is 0 Å². The molecule has 0 aliphatic carbocycles. The Morgan fingerprint density at radius 1 is 1.50 bits per heavy atom. The van der Waals surface area contributed by atoms with E-state index in [0.717, 1.165) is 40.1 Å². The Kier molecular flexibility index (Phi) is 3.63. The number of carbonyl (C=O) groups is 1. The molecule has 0 saturated carbocycles. The van der Waals surface area contributed by atoms with Gasteiger partial charge in [0.15, 0.2) is 0 Å². The van der Waals surface area contributed by atoms with Crippen LogP contribution >= 0.6 is 11.3 Å². The van der Waals surface area contributed by atoms with Crippen LogP contribution in [0.15, 0.2) is 24.3 Å². The standard InChI is InChI=1S/C15H18N2O2S/c1-17(9-12-3-2-6-19-12)15(18)14-8-10-7-11(16)4-5-13(10)20-14/h4-5,7-8,12H,2-3,6,9,16H2,1H3. The van der Waals surface area contributed by atoms with Gasteiger partial charge in [0.2, 0.25) is 0 Å². The Bertz CT molecular complexity index is 632. The second kappa shape index (κ2) is 5.42. The van der Waals surface area contributed by atoms with E-state index in [0.29, 0.717) is 6.54 Å². The highest BCUT2D eigenvalue weighted by Gasteiger charge is 2.21. The maximum Gasteiger partial charge on any atom is 0.263 e. The third-order valence-corrected chi connectivity index (χ3v) is 4.70. The molecule has 1 aliphatic heterocycles. The van der Waals surface area contributed by atoms with Crippen LogP contribution in [0.5, 0.6) is 0 Å². The van der Waals surface area contributed by atoms with E-state index in [1.165, 1.54) is 11.3 Å². The number of nitrogens with two attached hydrogens (primary N) is 1. The average Bonchev–Trinajstić information content (AvgIpc) is 3.06. The number of hydrogen-bond donors (Lipinski definition) is 1. The lowest BCUT2D eigenvalue weighted by Crippen LogP contribution is -2.33. The van der Waals surface area contributed by atoms with Gasteiger partial charge in [-0.2, -0.15) is 0 Å². The maximum absolute atomic E-state index is 12.4. The number of hydrogen-bond acceptors (Lipinski definition) is 4. The number of fused-ring (bicyclic) bond motifs is 1. The molecular weight excluding hydrogens is 272 g/mol. The van der Waals surface area contributed by atoms with Crippen molar-refractivity contribution in [3.05, 3.63) is 29.1 Å². The fourth-order valence-corrected chi connectivity index (χ4v) is 3.57.